The number of aromatic nitrogens is 6. The molecule has 4 aromatic rings. The summed E-state index contributed by atoms with van der Waals surface area (Å²) in [6.45, 7) is 6.84. The minimum absolute atomic E-state index is 0.258. The van der Waals surface area contributed by atoms with Crippen molar-refractivity contribution < 1.29 is 14.9 Å². The summed E-state index contributed by atoms with van der Waals surface area (Å²) in [5.41, 5.74) is 9.80. The molecule has 0 spiro atoms. The van der Waals surface area contributed by atoms with Gasteiger partial charge in [0.05, 0.1) is 17.4 Å². The summed E-state index contributed by atoms with van der Waals surface area (Å²) in [5.74, 6) is 1.87. The molecule has 1 aliphatic carbocycles. The molecule has 39 heavy (non-hydrogen) atoms. The van der Waals surface area contributed by atoms with Crippen LogP contribution in [-0.2, 0) is 11.2 Å². The van der Waals surface area contributed by atoms with Crippen molar-refractivity contribution in [3.63, 3.8) is 0 Å². The van der Waals surface area contributed by atoms with Crippen molar-refractivity contribution in [2.24, 2.45) is 5.92 Å². The van der Waals surface area contributed by atoms with E-state index < -0.39 is 24.5 Å². The number of nitrogen functional groups attached to an aromatic ring is 1. The molecule has 0 amide bonds. The lowest BCUT2D eigenvalue weighted by Gasteiger charge is -2.46. The van der Waals surface area contributed by atoms with Gasteiger partial charge >= 0.3 is 0 Å². The van der Waals surface area contributed by atoms with Gasteiger partial charge in [0.1, 0.15) is 36.0 Å². The van der Waals surface area contributed by atoms with E-state index in [0.717, 1.165) is 53.1 Å². The maximum atomic E-state index is 10.9. The number of ether oxygens (including phenoxy) is 1. The number of anilines is 1. The van der Waals surface area contributed by atoms with E-state index >= 15 is 0 Å². The number of nitrogens with one attached hydrogen (secondary N) is 1. The van der Waals surface area contributed by atoms with Gasteiger partial charge in [0.25, 0.3) is 0 Å². The minimum atomic E-state index is -1.12. The molecular formula is C27H35ClN8O3. The fourth-order valence-corrected chi connectivity index (χ4v) is 6.17. The highest BCUT2D eigenvalue weighted by molar-refractivity contribution is 6.32. The van der Waals surface area contributed by atoms with Gasteiger partial charge in [-0.2, -0.15) is 0 Å². The molecule has 11 nitrogen and oxygen atoms in total. The van der Waals surface area contributed by atoms with E-state index in [1.54, 1.807) is 4.57 Å². The zero-order valence-electron chi connectivity index (χ0n) is 22.3. The number of nitrogens with two attached hydrogens (primary N) is 1. The van der Waals surface area contributed by atoms with Gasteiger partial charge in [0.2, 0.25) is 0 Å². The van der Waals surface area contributed by atoms with Crippen LogP contribution in [0.2, 0.25) is 5.02 Å². The Morgan fingerprint density at radius 2 is 2.00 bits per heavy atom. The molecule has 0 bridgehead atoms. The van der Waals surface area contributed by atoms with E-state index in [1.807, 2.05) is 19.1 Å². The molecule has 1 saturated carbocycles. The van der Waals surface area contributed by atoms with Crippen LogP contribution in [0.5, 0.6) is 0 Å². The second-order valence-corrected chi connectivity index (χ2v) is 11.7. The number of halogens is 1. The van der Waals surface area contributed by atoms with Crippen molar-refractivity contribution in [1.29, 1.82) is 0 Å². The summed E-state index contributed by atoms with van der Waals surface area (Å²) >= 11 is 6.26. The molecular weight excluding hydrogens is 520 g/mol. The van der Waals surface area contributed by atoms with Gasteiger partial charge in [-0.1, -0.05) is 11.6 Å². The fourth-order valence-electron chi connectivity index (χ4n) is 6.01. The highest BCUT2D eigenvalue weighted by Crippen LogP contribution is 2.38. The van der Waals surface area contributed by atoms with Crippen molar-refractivity contribution in [3.05, 3.63) is 41.2 Å². The van der Waals surface area contributed by atoms with E-state index in [2.05, 4.69) is 38.7 Å². The third-order valence-electron chi connectivity index (χ3n) is 8.33. The SMILES string of the molecule is Cc1cc2[nH]c(CC[C@H]3C[C@@H](N(C[C@H]4O[C@@H](n5cnc6c(N)ncnc65)[C@H](O)[C@@H]4O)C(C)C)C3)nc2cc1Cl. The summed E-state index contributed by atoms with van der Waals surface area (Å²) in [6.07, 6.45) is 3.50. The second kappa shape index (κ2) is 10.3. The van der Waals surface area contributed by atoms with Crippen LogP contribution in [0.25, 0.3) is 22.2 Å². The number of hydrogen-bond acceptors (Lipinski definition) is 9. The molecule has 12 heteroatoms. The van der Waals surface area contributed by atoms with Gasteiger partial charge in [-0.25, -0.2) is 19.9 Å². The van der Waals surface area contributed by atoms with Crippen LogP contribution in [0.1, 0.15) is 50.7 Å². The number of benzene rings is 1. The van der Waals surface area contributed by atoms with Crippen molar-refractivity contribution in [3.8, 4) is 0 Å². The largest absolute Gasteiger partial charge is 0.387 e. The number of fused-ring (bicyclic) bond motifs is 2. The number of imidazole rings is 2. The molecule has 6 rings (SSSR count). The average molecular weight is 555 g/mol. The summed E-state index contributed by atoms with van der Waals surface area (Å²) in [6, 6.07) is 4.65. The van der Waals surface area contributed by atoms with Gasteiger partial charge in [0.15, 0.2) is 17.7 Å². The normalized spacial score (nSPS) is 27.3. The Morgan fingerprint density at radius 3 is 2.77 bits per heavy atom. The van der Waals surface area contributed by atoms with Gasteiger partial charge in [-0.15, -0.1) is 0 Å². The van der Waals surface area contributed by atoms with Crippen molar-refractivity contribution in [2.45, 2.75) is 83.1 Å². The Labute approximate surface area is 231 Å². The zero-order chi connectivity index (χ0) is 27.4. The zero-order valence-corrected chi connectivity index (χ0v) is 23.1. The highest BCUT2D eigenvalue weighted by Gasteiger charge is 2.46. The van der Waals surface area contributed by atoms with Crippen LogP contribution in [0, 0.1) is 12.8 Å². The van der Waals surface area contributed by atoms with E-state index in [1.165, 1.54) is 12.7 Å². The van der Waals surface area contributed by atoms with Crippen LogP contribution in [0.15, 0.2) is 24.8 Å². The van der Waals surface area contributed by atoms with Crippen molar-refractivity contribution in [1.82, 2.24) is 34.4 Å². The van der Waals surface area contributed by atoms with Crippen LogP contribution in [0.3, 0.4) is 0 Å². The molecule has 1 aliphatic heterocycles. The van der Waals surface area contributed by atoms with Crippen LogP contribution < -0.4 is 5.73 Å². The fraction of sp³-hybridized carbons (Fsp3) is 0.556. The Balaban J connectivity index is 1.07. The minimum Gasteiger partial charge on any atom is -0.387 e. The van der Waals surface area contributed by atoms with Crippen molar-refractivity contribution >= 4 is 39.6 Å². The van der Waals surface area contributed by atoms with E-state index in [-0.39, 0.29) is 11.9 Å². The first-order valence-corrected chi connectivity index (χ1v) is 13.9. The lowest BCUT2D eigenvalue weighted by molar-refractivity contribution is -0.0620. The number of aliphatic hydroxyl groups is 2. The molecule has 2 aliphatic rings. The third kappa shape index (κ3) is 4.87. The third-order valence-corrected chi connectivity index (χ3v) is 8.74. The van der Waals surface area contributed by atoms with Crippen LogP contribution in [0.4, 0.5) is 5.82 Å². The lowest BCUT2D eigenvalue weighted by atomic mass is 9.76. The molecule has 0 radical (unpaired) electrons. The topological polar surface area (TPSA) is 151 Å². The van der Waals surface area contributed by atoms with Gasteiger partial charge in [0, 0.05) is 30.1 Å². The van der Waals surface area contributed by atoms with Gasteiger partial charge < -0.3 is 25.7 Å². The number of H-pyrrole nitrogens is 1. The second-order valence-electron chi connectivity index (χ2n) is 11.3. The number of nitrogens with zero attached hydrogens (tertiary/aromatic N) is 6. The van der Waals surface area contributed by atoms with E-state index in [4.69, 9.17) is 27.1 Å². The van der Waals surface area contributed by atoms with Gasteiger partial charge in [-0.3, -0.25) is 9.47 Å². The highest BCUT2D eigenvalue weighted by atomic mass is 35.5. The molecule has 1 aromatic carbocycles. The van der Waals surface area contributed by atoms with Crippen LogP contribution in [-0.4, -0.2) is 81.5 Å². The number of aryl methyl sites for hydroxylation is 2. The Bertz CT molecular complexity index is 1440. The summed E-state index contributed by atoms with van der Waals surface area (Å²) < 4.78 is 7.83. The monoisotopic (exact) mass is 554 g/mol. The molecule has 1 saturated heterocycles. The lowest BCUT2D eigenvalue weighted by Crippen LogP contribution is -2.52. The van der Waals surface area contributed by atoms with E-state index in [9.17, 15) is 10.2 Å². The molecule has 3 aromatic heterocycles. The van der Waals surface area contributed by atoms with E-state index in [0.29, 0.717) is 29.7 Å². The molecule has 4 atom stereocenters. The summed E-state index contributed by atoms with van der Waals surface area (Å²) in [5, 5.41) is 22.5. The number of hydrogen-bond donors (Lipinski definition) is 4. The molecule has 208 valence electrons. The first kappa shape index (κ1) is 26.4. The van der Waals surface area contributed by atoms with Crippen molar-refractivity contribution in [2.75, 3.05) is 12.3 Å². The first-order valence-electron chi connectivity index (χ1n) is 13.5. The molecule has 4 heterocycles. The predicted octanol–water partition coefficient (Wildman–Crippen LogP) is 2.99. The number of aromatic amines is 1. The Kier molecular flexibility index (Phi) is 6.96. The maximum Gasteiger partial charge on any atom is 0.167 e. The average Bonchev–Trinajstić information content (AvgIpc) is 3.55. The molecule has 5 N–H and O–H groups in total. The van der Waals surface area contributed by atoms with Gasteiger partial charge in [-0.05, 0) is 63.6 Å². The predicted molar refractivity (Wildman–Crippen MR) is 148 cm³/mol. The maximum absolute atomic E-state index is 10.9. The Hall–Kier alpha value is -2.83. The standard InChI is InChI=1S/C27H35ClN8O3/c1-13(2)35(16-7-15(8-16)4-5-21-33-18-6-14(3)17(28)9-19(18)34-21)10-20-23(37)24(38)27(39-20)36-12-32-22-25(29)30-11-31-26(22)36/h6,9,11-13,15-16,20,23-24,27,37-38H,4-5,7-8,10H2,1-3H3,(H,33,34)(H2,29,30,31)/t15-,16+,20-,23-,24-,27-/m1/s1. The number of rotatable bonds is 8. The Morgan fingerprint density at radius 1 is 1.21 bits per heavy atom. The smallest absolute Gasteiger partial charge is 0.167 e. The molecule has 0 unspecified atom stereocenters. The molecule has 2 fully saturated rings. The van der Waals surface area contributed by atoms with Crippen LogP contribution >= 0.6 is 11.6 Å². The summed E-state index contributed by atoms with van der Waals surface area (Å²) in [7, 11) is 0. The first-order chi connectivity index (χ1) is 18.7. The summed E-state index contributed by atoms with van der Waals surface area (Å²) in [4.78, 5) is 23.0. The number of aliphatic hydroxyl groups excluding tert-OH is 2. The quantitative estimate of drug-likeness (QED) is 0.257.